The van der Waals surface area contributed by atoms with Gasteiger partial charge in [0.15, 0.2) is 0 Å². The highest BCUT2D eigenvalue weighted by atomic mass is 35.5. The Kier molecular flexibility index (Phi) is 3.12. The maximum Gasteiger partial charge on any atom is 0.232 e. The fourth-order valence-electron chi connectivity index (χ4n) is 1.38. The summed E-state index contributed by atoms with van der Waals surface area (Å²) >= 11 is 0. The van der Waals surface area contributed by atoms with Gasteiger partial charge in [0.25, 0.3) is 0 Å². The summed E-state index contributed by atoms with van der Waals surface area (Å²) in [7, 11) is 0. The van der Waals surface area contributed by atoms with Gasteiger partial charge < -0.3 is 9.84 Å². The number of rotatable bonds is 2. The minimum Gasteiger partial charge on any atom is -0.339 e. The minimum atomic E-state index is 0. The van der Waals surface area contributed by atoms with Crippen LogP contribution in [0.1, 0.15) is 11.8 Å². The lowest BCUT2D eigenvalue weighted by Crippen LogP contribution is -2.40. The summed E-state index contributed by atoms with van der Waals surface area (Å²) in [5, 5.41) is 7.03. The molecule has 0 radical (unpaired) electrons. The smallest absolute Gasteiger partial charge is 0.232 e. The summed E-state index contributed by atoms with van der Waals surface area (Å²) in [4.78, 5) is 12.3. The highest BCUT2D eigenvalue weighted by Crippen LogP contribution is 2.20. The molecule has 6 nitrogen and oxygen atoms in total. The summed E-state index contributed by atoms with van der Waals surface area (Å²) in [6, 6.07) is 0. The summed E-state index contributed by atoms with van der Waals surface area (Å²) in [6.07, 6.45) is 4.84. The van der Waals surface area contributed by atoms with E-state index in [4.69, 9.17) is 4.52 Å². The van der Waals surface area contributed by atoms with Gasteiger partial charge in [-0.2, -0.15) is 4.98 Å². The average Bonchev–Trinajstić information content (AvgIpc) is 2.66. The van der Waals surface area contributed by atoms with Crippen molar-refractivity contribution in [2.45, 2.75) is 5.92 Å². The number of nitrogens with one attached hydrogen (secondary N) is 1. The lowest BCUT2D eigenvalue weighted by molar-refractivity contribution is 0.308. The number of halogens is 1. The Labute approximate surface area is 97.9 Å². The van der Waals surface area contributed by atoms with Crippen molar-refractivity contribution in [3.63, 3.8) is 0 Å². The zero-order valence-corrected chi connectivity index (χ0v) is 9.15. The molecule has 0 spiro atoms. The molecule has 3 rings (SSSR count). The van der Waals surface area contributed by atoms with Crippen LogP contribution < -0.4 is 5.32 Å². The molecule has 0 aromatic carbocycles. The first kappa shape index (κ1) is 11.0. The Bertz CT molecular complexity index is 456. The van der Waals surface area contributed by atoms with Gasteiger partial charge in [0.1, 0.15) is 5.69 Å². The average molecular weight is 240 g/mol. The van der Waals surface area contributed by atoms with Gasteiger partial charge in [0.2, 0.25) is 11.7 Å². The third-order valence-corrected chi connectivity index (χ3v) is 2.36. The van der Waals surface area contributed by atoms with Crippen LogP contribution in [0.4, 0.5) is 0 Å². The van der Waals surface area contributed by atoms with Crippen LogP contribution in [0, 0.1) is 0 Å². The van der Waals surface area contributed by atoms with E-state index in [1.54, 1.807) is 18.6 Å². The number of aromatic nitrogens is 4. The van der Waals surface area contributed by atoms with Gasteiger partial charge in [-0.1, -0.05) is 5.16 Å². The van der Waals surface area contributed by atoms with Crippen molar-refractivity contribution in [3.8, 4) is 11.5 Å². The topological polar surface area (TPSA) is 76.7 Å². The molecule has 0 amide bonds. The third kappa shape index (κ3) is 1.89. The number of nitrogens with zero attached hydrogens (tertiary/aromatic N) is 4. The Morgan fingerprint density at radius 3 is 2.81 bits per heavy atom. The summed E-state index contributed by atoms with van der Waals surface area (Å²) in [5.74, 6) is 1.53. The molecular weight excluding hydrogens is 230 g/mol. The maximum absolute atomic E-state index is 5.15. The second-order valence-corrected chi connectivity index (χ2v) is 3.40. The van der Waals surface area contributed by atoms with E-state index in [1.807, 2.05) is 0 Å². The predicted octanol–water partition coefficient (Wildman–Crippen LogP) is 0.635. The molecule has 1 aliphatic heterocycles. The molecule has 0 bridgehead atoms. The molecule has 1 fully saturated rings. The van der Waals surface area contributed by atoms with Crippen molar-refractivity contribution in [2.75, 3.05) is 13.1 Å². The van der Waals surface area contributed by atoms with Gasteiger partial charge in [-0.15, -0.1) is 12.4 Å². The third-order valence-electron chi connectivity index (χ3n) is 2.36. The highest BCUT2D eigenvalue weighted by Gasteiger charge is 2.25. The molecule has 1 N–H and O–H groups in total. The Morgan fingerprint density at radius 2 is 2.19 bits per heavy atom. The van der Waals surface area contributed by atoms with Crippen LogP contribution in [-0.4, -0.2) is 33.2 Å². The van der Waals surface area contributed by atoms with Crippen LogP contribution in [0.5, 0.6) is 0 Å². The fourth-order valence-corrected chi connectivity index (χ4v) is 1.38. The van der Waals surface area contributed by atoms with Gasteiger partial charge in [0, 0.05) is 25.5 Å². The van der Waals surface area contributed by atoms with Crippen LogP contribution in [-0.2, 0) is 0 Å². The monoisotopic (exact) mass is 239 g/mol. The lowest BCUT2D eigenvalue weighted by Gasteiger charge is -2.22. The maximum atomic E-state index is 5.15. The molecular formula is C9H10ClN5O. The van der Waals surface area contributed by atoms with E-state index >= 15 is 0 Å². The Hall–Kier alpha value is -1.53. The molecule has 7 heteroatoms. The van der Waals surface area contributed by atoms with E-state index in [0.717, 1.165) is 13.1 Å². The van der Waals surface area contributed by atoms with Gasteiger partial charge in [-0.3, -0.25) is 4.98 Å². The predicted molar refractivity (Wildman–Crippen MR) is 58.2 cm³/mol. The van der Waals surface area contributed by atoms with E-state index in [1.165, 1.54) is 0 Å². The molecule has 1 aliphatic rings. The van der Waals surface area contributed by atoms with Crippen LogP contribution in [0.25, 0.3) is 11.5 Å². The molecule has 2 aromatic heterocycles. The molecule has 3 heterocycles. The summed E-state index contributed by atoms with van der Waals surface area (Å²) < 4.78 is 5.15. The van der Waals surface area contributed by atoms with E-state index < -0.39 is 0 Å². The van der Waals surface area contributed by atoms with E-state index in [0.29, 0.717) is 23.3 Å². The molecule has 16 heavy (non-hydrogen) atoms. The van der Waals surface area contributed by atoms with E-state index in [9.17, 15) is 0 Å². The quantitative estimate of drug-likeness (QED) is 0.829. The highest BCUT2D eigenvalue weighted by molar-refractivity contribution is 5.85. The minimum absolute atomic E-state index is 0. The zero-order chi connectivity index (χ0) is 10.1. The zero-order valence-electron chi connectivity index (χ0n) is 8.33. The molecule has 0 atom stereocenters. The lowest BCUT2D eigenvalue weighted by atomic mass is 10.0. The molecule has 84 valence electrons. The molecule has 2 aromatic rings. The summed E-state index contributed by atoms with van der Waals surface area (Å²) in [5.41, 5.74) is 0.639. The van der Waals surface area contributed by atoms with Gasteiger partial charge in [0.05, 0.1) is 12.1 Å². The van der Waals surface area contributed by atoms with Crippen molar-refractivity contribution in [1.82, 2.24) is 25.4 Å². The van der Waals surface area contributed by atoms with E-state index in [2.05, 4.69) is 25.4 Å². The number of hydrogen-bond donors (Lipinski definition) is 1. The first-order valence-electron chi connectivity index (χ1n) is 4.74. The van der Waals surface area contributed by atoms with Crippen molar-refractivity contribution >= 4 is 12.4 Å². The van der Waals surface area contributed by atoms with Crippen molar-refractivity contribution < 1.29 is 4.52 Å². The Morgan fingerprint density at radius 1 is 1.31 bits per heavy atom. The number of hydrogen-bond acceptors (Lipinski definition) is 6. The largest absolute Gasteiger partial charge is 0.339 e. The molecule has 1 saturated heterocycles. The van der Waals surface area contributed by atoms with Gasteiger partial charge in [-0.25, -0.2) is 4.98 Å². The standard InChI is InChI=1S/C9H9N5O.ClH/c1-2-12-7(5-10-1)8-13-9(15-14-8)6-3-11-4-6;/h1-2,5-6,11H,3-4H2;1H. The van der Waals surface area contributed by atoms with Crippen LogP contribution in [0.15, 0.2) is 23.1 Å². The molecule has 0 aliphatic carbocycles. The molecule has 0 unspecified atom stereocenters. The van der Waals surface area contributed by atoms with Crippen molar-refractivity contribution in [3.05, 3.63) is 24.5 Å². The van der Waals surface area contributed by atoms with Crippen molar-refractivity contribution in [1.29, 1.82) is 0 Å². The SMILES string of the molecule is Cl.c1cnc(-c2noc(C3CNC3)n2)cn1. The van der Waals surface area contributed by atoms with E-state index in [-0.39, 0.29) is 12.4 Å². The first-order valence-corrected chi connectivity index (χ1v) is 4.74. The second kappa shape index (κ2) is 4.54. The molecule has 0 saturated carbocycles. The van der Waals surface area contributed by atoms with Gasteiger partial charge in [-0.05, 0) is 0 Å². The first-order chi connectivity index (χ1) is 7.43. The van der Waals surface area contributed by atoms with Gasteiger partial charge >= 0.3 is 0 Å². The second-order valence-electron chi connectivity index (χ2n) is 3.40. The summed E-state index contributed by atoms with van der Waals surface area (Å²) in [6.45, 7) is 1.81. The Balaban J connectivity index is 0.000000963. The van der Waals surface area contributed by atoms with Crippen LogP contribution in [0.3, 0.4) is 0 Å². The fraction of sp³-hybridized carbons (Fsp3) is 0.333. The normalized spacial score (nSPS) is 15.2. The van der Waals surface area contributed by atoms with Crippen LogP contribution in [0.2, 0.25) is 0 Å². The van der Waals surface area contributed by atoms with Crippen molar-refractivity contribution in [2.24, 2.45) is 0 Å². The van der Waals surface area contributed by atoms with Crippen LogP contribution >= 0.6 is 12.4 Å².